The van der Waals surface area contributed by atoms with Crippen molar-refractivity contribution in [3.63, 3.8) is 0 Å². The Bertz CT molecular complexity index is 314. The van der Waals surface area contributed by atoms with Gasteiger partial charge >= 0.3 is 11.9 Å². The van der Waals surface area contributed by atoms with Gasteiger partial charge in [0, 0.05) is 0 Å². The molecule has 0 heterocycles. The van der Waals surface area contributed by atoms with Crippen molar-refractivity contribution < 1.29 is 19.1 Å². The molecule has 0 aliphatic heterocycles. The summed E-state index contributed by atoms with van der Waals surface area (Å²) in [6, 6.07) is 0. The molecule has 0 spiro atoms. The highest BCUT2D eigenvalue weighted by Crippen LogP contribution is 2.33. The number of hydrogen-bond donors (Lipinski definition) is 0. The maximum absolute atomic E-state index is 12.5. The van der Waals surface area contributed by atoms with Gasteiger partial charge in [-0.3, -0.25) is 9.59 Å². The summed E-state index contributed by atoms with van der Waals surface area (Å²) in [5.74, 6) is -0.924. The van der Waals surface area contributed by atoms with Crippen LogP contribution in [-0.4, -0.2) is 25.2 Å². The average Bonchev–Trinajstić information content (AvgIpc) is 2.51. The van der Waals surface area contributed by atoms with Gasteiger partial charge in [0.1, 0.15) is 0 Å². The number of esters is 2. The summed E-state index contributed by atoms with van der Waals surface area (Å²) in [6.45, 7) is 10.5. The van der Waals surface area contributed by atoms with Gasteiger partial charge in [-0.1, -0.05) is 52.5 Å². The number of carbonyl (C=O) groups excluding carboxylic acids is 2. The number of ether oxygens (including phenoxy) is 2. The largest absolute Gasteiger partial charge is 0.465 e. The molecule has 0 fully saturated rings. The smallest absolute Gasteiger partial charge is 0.323 e. The Balaban J connectivity index is 5.07. The zero-order chi connectivity index (χ0) is 16.8. The van der Waals surface area contributed by atoms with Crippen molar-refractivity contribution in [1.29, 1.82) is 0 Å². The fourth-order valence-corrected chi connectivity index (χ4v) is 2.18. The van der Waals surface area contributed by atoms with Gasteiger partial charge in [-0.25, -0.2) is 0 Å². The first-order chi connectivity index (χ1) is 10.6. The molecular formula is C18H32O4. The van der Waals surface area contributed by atoms with E-state index in [0.29, 0.717) is 19.6 Å². The number of rotatable bonds is 13. The molecule has 0 aliphatic carbocycles. The van der Waals surface area contributed by atoms with E-state index in [1.54, 1.807) is 6.08 Å². The summed E-state index contributed by atoms with van der Waals surface area (Å²) in [5, 5.41) is 0. The van der Waals surface area contributed by atoms with E-state index >= 15 is 0 Å². The number of unbranched alkanes of at least 4 members (excludes halogenated alkanes) is 3. The summed E-state index contributed by atoms with van der Waals surface area (Å²) in [7, 11) is 0. The van der Waals surface area contributed by atoms with Crippen molar-refractivity contribution in [2.24, 2.45) is 5.41 Å². The Labute approximate surface area is 135 Å². The molecule has 0 atom stereocenters. The average molecular weight is 312 g/mol. The Morgan fingerprint density at radius 2 is 1.36 bits per heavy atom. The van der Waals surface area contributed by atoms with Gasteiger partial charge in [0.25, 0.3) is 0 Å². The first-order valence-electron chi connectivity index (χ1n) is 8.54. The number of carbonyl (C=O) groups is 2. The minimum absolute atomic E-state index is 0.267. The minimum Gasteiger partial charge on any atom is -0.465 e. The van der Waals surface area contributed by atoms with Crippen LogP contribution in [0.3, 0.4) is 0 Å². The van der Waals surface area contributed by atoms with Crippen molar-refractivity contribution in [3.05, 3.63) is 12.7 Å². The zero-order valence-electron chi connectivity index (χ0n) is 14.5. The Hall–Kier alpha value is -1.32. The van der Waals surface area contributed by atoms with E-state index in [9.17, 15) is 9.59 Å². The summed E-state index contributed by atoms with van der Waals surface area (Å²) >= 11 is 0. The van der Waals surface area contributed by atoms with Crippen LogP contribution >= 0.6 is 0 Å². The predicted octanol–water partition coefficient (Wildman–Crippen LogP) is 4.43. The molecule has 0 aromatic heterocycles. The fourth-order valence-electron chi connectivity index (χ4n) is 2.18. The van der Waals surface area contributed by atoms with E-state index in [4.69, 9.17) is 9.47 Å². The SMILES string of the molecule is C=CCC(CCCC)(C(=O)OCCCC)C(=O)OCCCC. The summed E-state index contributed by atoms with van der Waals surface area (Å²) < 4.78 is 10.7. The highest BCUT2D eigenvalue weighted by atomic mass is 16.6. The number of hydrogen-bond acceptors (Lipinski definition) is 4. The predicted molar refractivity (Wildman–Crippen MR) is 88.5 cm³/mol. The molecule has 0 aromatic rings. The fraction of sp³-hybridized carbons (Fsp3) is 0.778. The third-order valence-corrected chi connectivity index (χ3v) is 3.69. The first-order valence-corrected chi connectivity index (χ1v) is 8.54. The molecule has 0 aliphatic rings. The molecule has 0 N–H and O–H groups in total. The van der Waals surface area contributed by atoms with Gasteiger partial charge in [0.05, 0.1) is 13.2 Å². The van der Waals surface area contributed by atoms with Crippen LogP contribution in [0.4, 0.5) is 0 Å². The molecule has 4 heteroatoms. The van der Waals surface area contributed by atoms with E-state index in [1.807, 2.05) is 20.8 Å². The Morgan fingerprint density at radius 1 is 0.909 bits per heavy atom. The van der Waals surface area contributed by atoms with Crippen LogP contribution < -0.4 is 0 Å². The van der Waals surface area contributed by atoms with Crippen molar-refractivity contribution in [2.75, 3.05) is 13.2 Å². The molecule has 128 valence electrons. The van der Waals surface area contributed by atoms with Crippen molar-refractivity contribution >= 4 is 11.9 Å². The lowest BCUT2D eigenvalue weighted by Crippen LogP contribution is -2.42. The van der Waals surface area contributed by atoms with E-state index in [2.05, 4.69) is 6.58 Å². The molecule has 0 saturated heterocycles. The summed E-state index contributed by atoms with van der Waals surface area (Å²) in [6.07, 6.45) is 7.49. The maximum atomic E-state index is 12.5. The maximum Gasteiger partial charge on any atom is 0.323 e. The first kappa shape index (κ1) is 20.7. The summed E-state index contributed by atoms with van der Waals surface area (Å²) in [4.78, 5) is 25.1. The van der Waals surface area contributed by atoms with Crippen LogP contribution in [0.2, 0.25) is 0 Å². The van der Waals surface area contributed by atoms with E-state index in [1.165, 1.54) is 0 Å². The highest BCUT2D eigenvalue weighted by molar-refractivity contribution is 6.00. The van der Waals surface area contributed by atoms with E-state index < -0.39 is 17.4 Å². The van der Waals surface area contributed by atoms with Crippen molar-refractivity contribution in [3.8, 4) is 0 Å². The van der Waals surface area contributed by atoms with Gasteiger partial charge in [-0.05, 0) is 25.7 Å². The lowest BCUT2D eigenvalue weighted by molar-refractivity contribution is -0.173. The van der Waals surface area contributed by atoms with Crippen LogP contribution in [0, 0.1) is 5.41 Å². The Morgan fingerprint density at radius 3 is 1.73 bits per heavy atom. The molecule has 4 nitrogen and oxygen atoms in total. The van der Waals surface area contributed by atoms with Gasteiger partial charge in [-0.2, -0.15) is 0 Å². The second-order valence-corrected chi connectivity index (χ2v) is 5.66. The zero-order valence-corrected chi connectivity index (χ0v) is 14.5. The van der Waals surface area contributed by atoms with Crippen LogP contribution in [0.25, 0.3) is 0 Å². The monoisotopic (exact) mass is 312 g/mol. The molecule has 0 rings (SSSR count). The van der Waals surface area contributed by atoms with Crippen LogP contribution in [-0.2, 0) is 19.1 Å². The highest BCUT2D eigenvalue weighted by Gasteiger charge is 2.47. The normalized spacial score (nSPS) is 11.0. The molecule has 22 heavy (non-hydrogen) atoms. The molecule has 0 aromatic carbocycles. The quantitative estimate of drug-likeness (QED) is 0.218. The third-order valence-electron chi connectivity index (χ3n) is 3.69. The third kappa shape index (κ3) is 6.63. The lowest BCUT2D eigenvalue weighted by Gasteiger charge is -2.28. The van der Waals surface area contributed by atoms with Gasteiger partial charge in [-0.15, -0.1) is 6.58 Å². The number of allylic oxidation sites excluding steroid dienone is 1. The standard InChI is InChI=1S/C18H32O4/c1-5-9-13-18(12-8-4,16(19)21-14-10-6-2)17(20)22-15-11-7-3/h8H,4-7,9-15H2,1-3H3. The van der Waals surface area contributed by atoms with Crippen LogP contribution in [0.15, 0.2) is 12.7 Å². The second kappa shape index (κ2) is 12.2. The molecule has 0 bridgehead atoms. The lowest BCUT2D eigenvalue weighted by atomic mass is 9.79. The second-order valence-electron chi connectivity index (χ2n) is 5.66. The van der Waals surface area contributed by atoms with Gasteiger partial charge in [0.2, 0.25) is 0 Å². The van der Waals surface area contributed by atoms with Crippen molar-refractivity contribution in [2.45, 2.75) is 72.1 Å². The van der Waals surface area contributed by atoms with Crippen molar-refractivity contribution in [1.82, 2.24) is 0 Å². The van der Waals surface area contributed by atoms with E-state index in [0.717, 1.165) is 38.5 Å². The van der Waals surface area contributed by atoms with E-state index in [-0.39, 0.29) is 6.42 Å². The van der Waals surface area contributed by atoms with Crippen LogP contribution in [0.1, 0.15) is 72.1 Å². The minimum atomic E-state index is -1.22. The molecule has 0 saturated carbocycles. The Kier molecular flexibility index (Phi) is 11.5. The topological polar surface area (TPSA) is 52.6 Å². The molecular weight excluding hydrogens is 280 g/mol. The van der Waals surface area contributed by atoms with Crippen LogP contribution in [0.5, 0.6) is 0 Å². The van der Waals surface area contributed by atoms with Gasteiger partial charge in [0.15, 0.2) is 5.41 Å². The molecule has 0 amide bonds. The molecule has 0 unspecified atom stereocenters. The molecule has 0 radical (unpaired) electrons. The van der Waals surface area contributed by atoms with Gasteiger partial charge < -0.3 is 9.47 Å². The summed E-state index contributed by atoms with van der Waals surface area (Å²) in [5.41, 5.74) is -1.22.